The molecule has 96 valence electrons. The normalized spacial score (nSPS) is 19.7. The van der Waals surface area contributed by atoms with E-state index in [4.69, 9.17) is 5.73 Å². The Bertz CT molecular complexity index is 514. The Labute approximate surface area is 102 Å². The maximum Gasteiger partial charge on any atom is 0.416 e. The lowest BCUT2D eigenvalue weighted by Crippen LogP contribution is -2.08. The number of rotatable bonds is 2. The fourth-order valence-electron chi connectivity index (χ4n) is 2.00. The van der Waals surface area contributed by atoms with Gasteiger partial charge in [0.2, 0.25) is 0 Å². The number of allylic oxidation sites excluding steroid dienone is 3. The van der Waals surface area contributed by atoms with E-state index in [0.29, 0.717) is 11.1 Å². The topological polar surface area (TPSA) is 26.0 Å². The third-order valence-corrected chi connectivity index (χ3v) is 2.86. The largest absolute Gasteiger partial charge is 0.416 e. The Hall–Kier alpha value is -1.62. The number of hydrogen-bond donors (Lipinski definition) is 1. The third kappa shape index (κ3) is 2.46. The Morgan fingerprint density at radius 2 is 1.94 bits per heavy atom. The summed E-state index contributed by atoms with van der Waals surface area (Å²) in [4.78, 5) is 0. The van der Waals surface area contributed by atoms with Crippen LogP contribution < -0.4 is 5.73 Å². The summed E-state index contributed by atoms with van der Waals surface area (Å²) in [5.41, 5.74) is 5.63. The molecule has 0 aliphatic heterocycles. The van der Waals surface area contributed by atoms with Crippen LogP contribution in [0.4, 0.5) is 17.6 Å². The standard InChI is InChI=1S/C13H11F4N/c14-11-3-1-2-8(5-11)12-6-10(13(15,16)17)4-9(12)7-18/h1-6,12H,7,18H2. The van der Waals surface area contributed by atoms with Gasteiger partial charge in [-0.1, -0.05) is 18.2 Å². The molecule has 1 aromatic carbocycles. The average Bonchev–Trinajstić information content (AvgIpc) is 2.72. The zero-order valence-corrected chi connectivity index (χ0v) is 9.34. The first-order chi connectivity index (χ1) is 8.41. The molecule has 0 saturated carbocycles. The maximum atomic E-state index is 13.1. The molecule has 2 rings (SSSR count). The van der Waals surface area contributed by atoms with E-state index in [1.165, 1.54) is 18.2 Å². The fourth-order valence-corrected chi connectivity index (χ4v) is 2.00. The van der Waals surface area contributed by atoms with Gasteiger partial charge in [0.05, 0.1) is 5.57 Å². The molecule has 0 spiro atoms. The van der Waals surface area contributed by atoms with E-state index in [1.807, 2.05) is 0 Å². The van der Waals surface area contributed by atoms with Crippen molar-refractivity contribution in [3.05, 3.63) is 58.9 Å². The first kappa shape index (κ1) is 12.8. The second-order valence-corrected chi connectivity index (χ2v) is 4.08. The monoisotopic (exact) mass is 257 g/mol. The highest BCUT2D eigenvalue weighted by Gasteiger charge is 2.36. The van der Waals surface area contributed by atoms with E-state index < -0.39 is 23.5 Å². The number of halogens is 4. The van der Waals surface area contributed by atoms with Crippen LogP contribution in [0.3, 0.4) is 0 Å². The predicted molar refractivity (Wildman–Crippen MR) is 60.4 cm³/mol. The van der Waals surface area contributed by atoms with E-state index in [0.717, 1.165) is 12.2 Å². The molecule has 1 nitrogen and oxygen atoms in total. The van der Waals surface area contributed by atoms with Crippen molar-refractivity contribution in [2.75, 3.05) is 6.54 Å². The van der Waals surface area contributed by atoms with E-state index in [2.05, 4.69) is 0 Å². The lowest BCUT2D eigenvalue weighted by molar-refractivity contribution is -0.0881. The molecule has 1 unspecified atom stereocenters. The van der Waals surface area contributed by atoms with Gasteiger partial charge in [-0.05, 0) is 29.3 Å². The number of nitrogens with two attached hydrogens (primary N) is 1. The summed E-state index contributed by atoms with van der Waals surface area (Å²) in [6, 6.07) is 5.54. The minimum Gasteiger partial charge on any atom is -0.327 e. The third-order valence-electron chi connectivity index (χ3n) is 2.86. The van der Waals surface area contributed by atoms with Crippen molar-refractivity contribution >= 4 is 0 Å². The second kappa shape index (κ2) is 4.57. The molecule has 0 saturated heterocycles. The SMILES string of the molecule is NCC1=CC(C(F)(F)F)=CC1c1cccc(F)c1. The molecule has 0 amide bonds. The molecule has 0 bridgehead atoms. The minimum atomic E-state index is -4.40. The van der Waals surface area contributed by atoms with Crippen molar-refractivity contribution < 1.29 is 17.6 Å². The van der Waals surface area contributed by atoms with Crippen molar-refractivity contribution in [1.29, 1.82) is 0 Å². The van der Waals surface area contributed by atoms with Gasteiger partial charge in [0.1, 0.15) is 5.82 Å². The summed E-state index contributed by atoms with van der Waals surface area (Å²) in [6.45, 7) is 0.0112. The molecule has 1 atom stereocenters. The van der Waals surface area contributed by atoms with Gasteiger partial charge in [0, 0.05) is 12.5 Å². The molecule has 18 heavy (non-hydrogen) atoms. The van der Waals surface area contributed by atoms with Crippen molar-refractivity contribution in [2.45, 2.75) is 12.1 Å². The first-order valence-electron chi connectivity index (χ1n) is 5.37. The molecule has 0 aromatic heterocycles. The Morgan fingerprint density at radius 3 is 2.50 bits per heavy atom. The fraction of sp³-hybridized carbons (Fsp3) is 0.231. The zero-order chi connectivity index (χ0) is 13.3. The van der Waals surface area contributed by atoms with Crippen LogP contribution in [-0.2, 0) is 0 Å². The average molecular weight is 257 g/mol. The van der Waals surface area contributed by atoms with Gasteiger partial charge in [-0.25, -0.2) is 4.39 Å². The van der Waals surface area contributed by atoms with Gasteiger partial charge in [0.15, 0.2) is 0 Å². The predicted octanol–water partition coefficient (Wildman–Crippen LogP) is 3.30. The highest BCUT2D eigenvalue weighted by molar-refractivity contribution is 5.47. The van der Waals surface area contributed by atoms with Gasteiger partial charge in [0.25, 0.3) is 0 Å². The van der Waals surface area contributed by atoms with Gasteiger partial charge in [-0.2, -0.15) is 13.2 Å². The highest BCUT2D eigenvalue weighted by atomic mass is 19.4. The minimum absolute atomic E-state index is 0.0112. The molecule has 2 N–H and O–H groups in total. The van der Waals surface area contributed by atoms with Gasteiger partial charge < -0.3 is 5.73 Å². The molecule has 0 fully saturated rings. The highest BCUT2D eigenvalue weighted by Crippen LogP contribution is 2.39. The number of benzene rings is 1. The van der Waals surface area contributed by atoms with Crippen LogP contribution in [0.2, 0.25) is 0 Å². The Balaban J connectivity index is 2.40. The molecule has 1 aromatic rings. The Kier molecular flexibility index (Phi) is 3.26. The molecule has 1 aliphatic rings. The summed E-state index contributed by atoms with van der Waals surface area (Å²) in [5.74, 6) is -1.07. The van der Waals surface area contributed by atoms with Crippen molar-refractivity contribution in [1.82, 2.24) is 0 Å². The van der Waals surface area contributed by atoms with E-state index in [9.17, 15) is 17.6 Å². The number of hydrogen-bond acceptors (Lipinski definition) is 1. The maximum absolute atomic E-state index is 13.1. The summed E-state index contributed by atoms with van der Waals surface area (Å²) in [7, 11) is 0. The van der Waals surface area contributed by atoms with Crippen molar-refractivity contribution in [3.8, 4) is 0 Å². The van der Waals surface area contributed by atoms with Gasteiger partial charge >= 0.3 is 6.18 Å². The summed E-state index contributed by atoms with van der Waals surface area (Å²) in [5, 5.41) is 0. The molecule has 5 heteroatoms. The molecular weight excluding hydrogens is 246 g/mol. The van der Waals surface area contributed by atoms with Crippen LogP contribution in [0.1, 0.15) is 11.5 Å². The first-order valence-corrected chi connectivity index (χ1v) is 5.37. The Morgan fingerprint density at radius 1 is 1.22 bits per heavy atom. The zero-order valence-electron chi connectivity index (χ0n) is 9.34. The van der Waals surface area contributed by atoms with Gasteiger partial charge in [-0.15, -0.1) is 0 Å². The van der Waals surface area contributed by atoms with E-state index in [1.54, 1.807) is 6.07 Å². The smallest absolute Gasteiger partial charge is 0.327 e. The van der Waals surface area contributed by atoms with Crippen LogP contribution in [0.5, 0.6) is 0 Å². The number of alkyl halides is 3. The van der Waals surface area contributed by atoms with E-state index >= 15 is 0 Å². The molecule has 0 radical (unpaired) electrons. The van der Waals surface area contributed by atoms with E-state index in [-0.39, 0.29) is 6.54 Å². The summed E-state index contributed by atoms with van der Waals surface area (Å²) in [6.07, 6.45) is -2.28. The summed E-state index contributed by atoms with van der Waals surface area (Å²) < 4.78 is 50.9. The second-order valence-electron chi connectivity index (χ2n) is 4.08. The van der Waals surface area contributed by atoms with Crippen LogP contribution >= 0.6 is 0 Å². The van der Waals surface area contributed by atoms with Crippen LogP contribution in [0, 0.1) is 5.82 Å². The van der Waals surface area contributed by atoms with Gasteiger partial charge in [-0.3, -0.25) is 0 Å². The quantitative estimate of drug-likeness (QED) is 0.808. The van der Waals surface area contributed by atoms with Crippen LogP contribution in [-0.4, -0.2) is 12.7 Å². The van der Waals surface area contributed by atoms with Crippen LogP contribution in [0.25, 0.3) is 0 Å². The summed E-state index contributed by atoms with van der Waals surface area (Å²) >= 11 is 0. The van der Waals surface area contributed by atoms with Crippen LogP contribution in [0.15, 0.2) is 47.6 Å². The molecular formula is C13H11F4N. The molecule has 0 heterocycles. The lowest BCUT2D eigenvalue weighted by Gasteiger charge is -2.12. The molecule has 1 aliphatic carbocycles. The lowest BCUT2D eigenvalue weighted by atomic mass is 9.94. The van der Waals surface area contributed by atoms with Crippen molar-refractivity contribution in [2.24, 2.45) is 5.73 Å². The van der Waals surface area contributed by atoms with Crippen molar-refractivity contribution in [3.63, 3.8) is 0 Å².